The molecule has 1 aliphatic carbocycles. The minimum atomic E-state index is -0.427. The number of fused-ring (bicyclic) bond motifs is 2. The molecule has 1 aromatic carbocycles. The van der Waals surface area contributed by atoms with E-state index in [0.29, 0.717) is 45.6 Å². The van der Waals surface area contributed by atoms with Crippen LogP contribution in [0.2, 0.25) is 0 Å². The third-order valence-electron chi connectivity index (χ3n) is 7.26. The van der Waals surface area contributed by atoms with Crippen LogP contribution in [0.4, 0.5) is 21.7 Å². The van der Waals surface area contributed by atoms with E-state index < -0.39 is 5.82 Å². The van der Waals surface area contributed by atoms with Gasteiger partial charge in [-0.3, -0.25) is 0 Å². The summed E-state index contributed by atoms with van der Waals surface area (Å²) in [4.78, 5) is 20.1. The molecular weight excluding hydrogens is 485 g/mol. The maximum absolute atomic E-state index is 15.5. The summed E-state index contributed by atoms with van der Waals surface area (Å²) >= 11 is 0. The summed E-state index contributed by atoms with van der Waals surface area (Å²) in [7, 11) is 0. The topological polar surface area (TPSA) is 105 Å². The quantitative estimate of drug-likeness (QED) is 0.346. The lowest BCUT2D eigenvalue weighted by atomic mass is 10.1. The number of halogens is 1. The van der Waals surface area contributed by atoms with Gasteiger partial charge >= 0.3 is 0 Å². The average molecular weight is 512 g/mol. The first-order valence-corrected chi connectivity index (χ1v) is 12.8. The predicted molar refractivity (Wildman–Crippen MR) is 142 cm³/mol. The SMILES string of the molecule is Cc1c(Oc2ccn3ncnc3c2)ccc(Nc2ncnc3ccc(N4CCNC(C5CC5)C4)nc23)c1F. The summed E-state index contributed by atoms with van der Waals surface area (Å²) in [5, 5.41) is 10.8. The van der Waals surface area contributed by atoms with Crippen LogP contribution in [0.1, 0.15) is 18.4 Å². The minimum absolute atomic E-state index is 0.283. The summed E-state index contributed by atoms with van der Waals surface area (Å²) in [6.07, 6.45) is 7.26. The Hall–Kier alpha value is -4.38. The number of nitrogens with zero attached hydrogens (tertiary/aromatic N) is 7. The molecule has 5 heterocycles. The Morgan fingerprint density at radius 2 is 2.00 bits per heavy atom. The van der Waals surface area contributed by atoms with Gasteiger partial charge in [0.1, 0.15) is 35.5 Å². The van der Waals surface area contributed by atoms with E-state index in [1.165, 1.54) is 25.5 Å². The van der Waals surface area contributed by atoms with E-state index in [2.05, 4.69) is 35.6 Å². The van der Waals surface area contributed by atoms with Crippen molar-refractivity contribution < 1.29 is 9.13 Å². The van der Waals surface area contributed by atoms with Gasteiger partial charge in [0.25, 0.3) is 0 Å². The molecule has 1 aliphatic heterocycles. The van der Waals surface area contributed by atoms with E-state index >= 15 is 4.39 Å². The van der Waals surface area contributed by atoms with E-state index in [-0.39, 0.29) is 5.69 Å². The Bertz CT molecular complexity index is 1650. The lowest BCUT2D eigenvalue weighted by Gasteiger charge is -2.34. The van der Waals surface area contributed by atoms with Crippen LogP contribution in [0.3, 0.4) is 0 Å². The molecule has 4 aromatic heterocycles. The number of anilines is 3. The van der Waals surface area contributed by atoms with Crippen LogP contribution in [-0.2, 0) is 0 Å². The van der Waals surface area contributed by atoms with Crippen molar-refractivity contribution >= 4 is 34.0 Å². The molecule has 1 unspecified atom stereocenters. The number of ether oxygens (including phenoxy) is 1. The number of pyridine rings is 2. The van der Waals surface area contributed by atoms with Crippen LogP contribution in [-0.4, -0.2) is 55.2 Å². The fourth-order valence-corrected chi connectivity index (χ4v) is 4.99. The minimum Gasteiger partial charge on any atom is -0.457 e. The van der Waals surface area contributed by atoms with Crippen LogP contribution in [0.5, 0.6) is 11.5 Å². The van der Waals surface area contributed by atoms with Gasteiger partial charge < -0.3 is 20.3 Å². The second-order valence-corrected chi connectivity index (χ2v) is 9.81. The van der Waals surface area contributed by atoms with E-state index in [0.717, 1.165) is 31.4 Å². The van der Waals surface area contributed by atoms with Crippen molar-refractivity contribution in [1.29, 1.82) is 0 Å². The average Bonchev–Trinajstić information content (AvgIpc) is 3.70. The monoisotopic (exact) mass is 511 g/mol. The second-order valence-electron chi connectivity index (χ2n) is 9.81. The van der Waals surface area contributed by atoms with Crippen molar-refractivity contribution in [3.63, 3.8) is 0 Å². The lowest BCUT2D eigenvalue weighted by Crippen LogP contribution is -2.52. The molecule has 192 valence electrons. The molecule has 0 spiro atoms. The number of nitrogens with one attached hydrogen (secondary N) is 2. The molecule has 11 heteroatoms. The van der Waals surface area contributed by atoms with E-state index in [1.807, 2.05) is 12.1 Å². The third-order valence-corrected chi connectivity index (χ3v) is 7.26. The Labute approximate surface area is 217 Å². The fourth-order valence-electron chi connectivity index (χ4n) is 4.99. The smallest absolute Gasteiger partial charge is 0.160 e. The highest BCUT2D eigenvalue weighted by atomic mass is 19.1. The van der Waals surface area contributed by atoms with Crippen molar-refractivity contribution in [2.24, 2.45) is 5.92 Å². The van der Waals surface area contributed by atoms with Crippen molar-refractivity contribution in [2.75, 3.05) is 29.9 Å². The summed E-state index contributed by atoms with van der Waals surface area (Å²) in [5.74, 6) is 2.63. The number of aromatic nitrogens is 6. The first kappa shape index (κ1) is 22.8. The van der Waals surface area contributed by atoms with E-state index in [9.17, 15) is 0 Å². The molecule has 0 bridgehead atoms. The maximum Gasteiger partial charge on any atom is 0.160 e. The number of rotatable bonds is 6. The Balaban J connectivity index is 1.15. The van der Waals surface area contributed by atoms with Crippen molar-refractivity contribution in [3.8, 4) is 11.5 Å². The van der Waals surface area contributed by atoms with Crippen LogP contribution >= 0.6 is 0 Å². The fraction of sp³-hybridized carbons (Fsp3) is 0.296. The molecule has 7 rings (SSSR count). The molecule has 38 heavy (non-hydrogen) atoms. The molecule has 1 atom stereocenters. The highest BCUT2D eigenvalue weighted by molar-refractivity contribution is 5.88. The summed E-state index contributed by atoms with van der Waals surface area (Å²) < 4.78 is 23.1. The van der Waals surface area contributed by atoms with Gasteiger partial charge in [-0.15, -0.1) is 0 Å². The largest absolute Gasteiger partial charge is 0.457 e. The zero-order valence-electron chi connectivity index (χ0n) is 20.8. The Kier molecular flexibility index (Phi) is 5.50. The molecule has 2 aliphatic rings. The molecular formula is C27H26FN9O. The molecule has 0 amide bonds. The zero-order chi connectivity index (χ0) is 25.6. The Morgan fingerprint density at radius 1 is 1.08 bits per heavy atom. The summed E-state index contributed by atoms with van der Waals surface area (Å²) in [6.45, 7) is 4.43. The van der Waals surface area contributed by atoms with Gasteiger partial charge in [-0.2, -0.15) is 5.10 Å². The molecule has 5 aromatic rings. The second kappa shape index (κ2) is 9.18. The summed E-state index contributed by atoms with van der Waals surface area (Å²) in [6, 6.07) is 11.3. The predicted octanol–water partition coefficient (Wildman–Crippen LogP) is 4.24. The standard InChI is InChI=1S/C27H26FN9O/c1-16-22(38-18-8-10-37-24(12-18)31-15-33-37)6-4-19(25(16)28)34-27-26-20(30-14-32-27)5-7-23(35-26)36-11-9-29-21(13-36)17-2-3-17/h4-8,10,12,14-15,17,21,29H,2-3,9,11,13H2,1H3,(H,30,32,34). The van der Waals surface area contributed by atoms with Gasteiger partial charge in [0.15, 0.2) is 17.3 Å². The van der Waals surface area contributed by atoms with Crippen molar-refractivity contribution in [3.05, 3.63) is 66.6 Å². The van der Waals surface area contributed by atoms with Crippen LogP contribution in [0.25, 0.3) is 16.7 Å². The van der Waals surface area contributed by atoms with Crippen molar-refractivity contribution in [1.82, 2.24) is 34.9 Å². The van der Waals surface area contributed by atoms with Crippen LogP contribution in [0.15, 0.2) is 55.2 Å². The maximum atomic E-state index is 15.5. The molecule has 2 N–H and O–H groups in total. The van der Waals surface area contributed by atoms with Crippen molar-refractivity contribution in [2.45, 2.75) is 25.8 Å². The van der Waals surface area contributed by atoms with Gasteiger partial charge in [-0.05, 0) is 56.0 Å². The van der Waals surface area contributed by atoms with Gasteiger partial charge in [0, 0.05) is 43.5 Å². The first-order chi connectivity index (χ1) is 18.6. The van der Waals surface area contributed by atoms with Crippen LogP contribution in [0, 0.1) is 18.7 Å². The number of benzene rings is 1. The molecule has 1 saturated carbocycles. The van der Waals surface area contributed by atoms with Gasteiger partial charge in [0.05, 0.1) is 11.2 Å². The Morgan fingerprint density at radius 3 is 2.89 bits per heavy atom. The van der Waals surface area contributed by atoms with Crippen LogP contribution < -0.4 is 20.3 Å². The molecule has 1 saturated heterocycles. The molecule has 2 fully saturated rings. The molecule has 10 nitrogen and oxygen atoms in total. The highest BCUT2D eigenvalue weighted by Crippen LogP contribution is 2.35. The normalized spacial score (nSPS) is 17.7. The lowest BCUT2D eigenvalue weighted by molar-refractivity contribution is 0.417. The first-order valence-electron chi connectivity index (χ1n) is 12.8. The molecule has 0 radical (unpaired) electrons. The highest BCUT2D eigenvalue weighted by Gasteiger charge is 2.34. The van der Waals surface area contributed by atoms with Gasteiger partial charge in [-0.25, -0.2) is 28.8 Å². The van der Waals surface area contributed by atoms with Gasteiger partial charge in [-0.1, -0.05) is 0 Å². The number of hydrogen-bond acceptors (Lipinski definition) is 9. The van der Waals surface area contributed by atoms with Gasteiger partial charge in [0.2, 0.25) is 0 Å². The zero-order valence-corrected chi connectivity index (χ0v) is 20.8. The third kappa shape index (κ3) is 4.24. The number of piperazine rings is 1. The summed E-state index contributed by atoms with van der Waals surface area (Å²) in [5.41, 5.74) is 2.60. The van der Waals surface area contributed by atoms with E-state index in [4.69, 9.17) is 9.72 Å². The van der Waals surface area contributed by atoms with E-state index in [1.54, 1.807) is 41.9 Å². The number of hydrogen-bond donors (Lipinski definition) is 2.